The lowest BCUT2D eigenvalue weighted by atomic mass is 9.86. The fourth-order valence-electron chi connectivity index (χ4n) is 2.14. The number of nitrogens with zero attached hydrogens (tertiary/aromatic N) is 1. The smallest absolute Gasteiger partial charge is 0.257 e. The Labute approximate surface area is 120 Å². The number of benzene rings is 1. The molecule has 3 heteroatoms. The van der Waals surface area contributed by atoms with Crippen molar-refractivity contribution in [2.45, 2.75) is 33.1 Å². The number of amides is 1. The summed E-state index contributed by atoms with van der Waals surface area (Å²) >= 11 is 0. The largest absolute Gasteiger partial charge is 0.322 e. The van der Waals surface area contributed by atoms with Crippen LogP contribution in [0.2, 0.25) is 0 Å². The second kappa shape index (κ2) is 5.45. The number of aromatic nitrogens is 1. The summed E-state index contributed by atoms with van der Waals surface area (Å²) in [6.45, 7) is 8.31. The Kier molecular flexibility index (Phi) is 3.89. The van der Waals surface area contributed by atoms with E-state index in [1.165, 1.54) is 0 Å². The van der Waals surface area contributed by atoms with Gasteiger partial charge < -0.3 is 5.32 Å². The van der Waals surface area contributed by atoms with E-state index >= 15 is 0 Å². The molecular formula is C17H20N2O. The fraction of sp³-hybridized carbons (Fsp3) is 0.294. The first kappa shape index (κ1) is 14.3. The average Bonchev–Trinajstić information content (AvgIpc) is 2.38. The lowest BCUT2D eigenvalue weighted by molar-refractivity contribution is 0.102. The molecule has 104 valence electrons. The van der Waals surface area contributed by atoms with Crippen LogP contribution in [0.4, 0.5) is 5.69 Å². The van der Waals surface area contributed by atoms with Crippen LogP contribution < -0.4 is 5.32 Å². The van der Waals surface area contributed by atoms with Crippen molar-refractivity contribution in [3.63, 3.8) is 0 Å². The first-order chi connectivity index (χ1) is 9.39. The maximum atomic E-state index is 12.4. The minimum atomic E-state index is -0.118. The lowest BCUT2D eigenvalue weighted by Crippen LogP contribution is -2.19. The summed E-state index contributed by atoms with van der Waals surface area (Å²) in [4.78, 5) is 16.4. The van der Waals surface area contributed by atoms with Gasteiger partial charge in [-0.3, -0.25) is 9.78 Å². The zero-order valence-electron chi connectivity index (χ0n) is 12.4. The number of rotatable bonds is 2. The van der Waals surface area contributed by atoms with Crippen molar-refractivity contribution in [1.29, 1.82) is 0 Å². The predicted molar refractivity (Wildman–Crippen MR) is 82.1 cm³/mol. The van der Waals surface area contributed by atoms with Crippen molar-refractivity contribution in [2.24, 2.45) is 0 Å². The molecule has 0 aliphatic rings. The maximum Gasteiger partial charge on any atom is 0.257 e. The minimum Gasteiger partial charge on any atom is -0.322 e. The molecule has 2 aromatic rings. The molecule has 0 saturated carbocycles. The summed E-state index contributed by atoms with van der Waals surface area (Å²) in [5.41, 5.74) is 3.48. The molecule has 0 fully saturated rings. The summed E-state index contributed by atoms with van der Waals surface area (Å²) in [6, 6.07) is 9.74. The number of nitrogens with one attached hydrogen (secondary N) is 1. The number of pyridine rings is 1. The Hall–Kier alpha value is -2.16. The van der Waals surface area contributed by atoms with E-state index in [1.807, 2.05) is 37.3 Å². The molecule has 0 saturated heterocycles. The summed E-state index contributed by atoms with van der Waals surface area (Å²) in [6.07, 6.45) is 3.29. The van der Waals surface area contributed by atoms with E-state index in [-0.39, 0.29) is 11.3 Å². The topological polar surface area (TPSA) is 42.0 Å². The van der Waals surface area contributed by atoms with Crippen LogP contribution >= 0.6 is 0 Å². The number of anilines is 1. The van der Waals surface area contributed by atoms with E-state index in [0.717, 1.165) is 16.8 Å². The van der Waals surface area contributed by atoms with Gasteiger partial charge in [0.15, 0.2) is 0 Å². The second-order valence-corrected chi connectivity index (χ2v) is 5.94. The third-order valence-electron chi connectivity index (χ3n) is 3.27. The van der Waals surface area contributed by atoms with E-state index < -0.39 is 0 Å². The normalized spacial score (nSPS) is 11.2. The van der Waals surface area contributed by atoms with Crippen LogP contribution in [0.25, 0.3) is 0 Å². The zero-order valence-corrected chi connectivity index (χ0v) is 12.4. The highest BCUT2D eigenvalue weighted by molar-refractivity contribution is 6.05. The van der Waals surface area contributed by atoms with Crippen LogP contribution in [0.1, 0.15) is 42.3 Å². The standard InChI is InChI=1S/C17H20N2O/c1-12-9-10-18-11-13(12)16(20)19-15-8-6-5-7-14(15)17(2,3)4/h5-11H,1-4H3,(H,19,20). The van der Waals surface area contributed by atoms with Gasteiger partial charge in [-0.2, -0.15) is 0 Å². The average molecular weight is 268 g/mol. The quantitative estimate of drug-likeness (QED) is 0.896. The molecule has 3 nitrogen and oxygen atoms in total. The van der Waals surface area contributed by atoms with Gasteiger partial charge in [0.2, 0.25) is 0 Å². The lowest BCUT2D eigenvalue weighted by Gasteiger charge is -2.23. The SMILES string of the molecule is Cc1ccncc1C(=O)Nc1ccccc1C(C)(C)C. The number of para-hydroxylation sites is 1. The van der Waals surface area contributed by atoms with Crippen molar-refractivity contribution in [1.82, 2.24) is 4.98 Å². The highest BCUT2D eigenvalue weighted by Gasteiger charge is 2.19. The molecule has 1 N–H and O–H groups in total. The molecular weight excluding hydrogens is 248 g/mol. The van der Waals surface area contributed by atoms with Gasteiger partial charge in [0.05, 0.1) is 5.56 Å². The van der Waals surface area contributed by atoms with Crippen LogP contribution in [0.5, 0.6) is 0 Å². The highest BCUT2D eigenvalue weighted by Crippen LogP contribution is 2.29. The van der Waals surface area contributed by atoms with Crippen molar-refractivity contribution >= 4 is 11.6 Å². The van der Waals surface area contributed by atoms with Gasteiger partial charge in [-0.1, -0.05) is 39.0 Å². The van der Waals surface area contributed by atoms with E-state index in [2.05, 4.69) is 31.1 Å². The van der Waals surface area contributed by atoms with Crippen molar-refractivity contribution in [3.8, 4) is 0 Å². The van der Waals surface area contributed by atoms with Gasteiger partial charge in [0.1, 0.15) is 0 Å². The van der Waals surface area contributed by atoms with Gasteiger partial charge in [0, 0.05) is 18.1 Å². The molecule has 0 unspecified atom stereocenters. The maximum absolute atomic E-state index is 12.4. The summed E-state index contributed by atoms with van der Waals surface area (Å²) in [5, 5.41) is 3.00. The molecule has 1 amide bonds. The molecule has 0 spiro atoms. The Balaban J connectivity index is 2.32. The van der Waals surface area contributed by atoms with E-state index in [4.69, 9.17) is 0 Å². The number of aryl methyl sites for hydroxylation is 1. The first-order valence-electron chi connectivity index (χ1n) is 6.71. The summed E-state index contributed by atoms with van der Waals surface area (Å²) < 4.78 is 0. The molecule has 0 aliphatic heterocycles. The van der Waals surface area contributed by atoms with Crippen LogP contribution in [0.15, 0.2) is 42.7 Å². The van der Waals surface area contributed by atoms with Crippen LogP contribution in [-0.2, 0) is 5.41 Å². The van der Waals surface area contributed by atoms with Gasteiger partial charge in [-0.25, -0.2) is 0 Å². The van der Waals surface area contributed by atoms with Gasteiger partial charge in [-0.05, 0) is 35.6 Å². The van der Waals surface area contributed by atoms with E-state index in [1.54, 1.807) is 12.4 Å². The molecule has 0 bridgehead atoms. The molecule has 1 aromatic carbocycles. The first-order valence-corrected chi connectivity index (χ1v) is 6.71. The number of carbonyl (C=O) groups excluding carboxylic acids is 1. The Morgan fingerprint density at radius 2 is 1.85 bits per heavy atom. The summed E-state index contributed by atoms with van der Waals surface area (Å²) in [5.74, 6) is -0.118. The highest BCUT2D eigenvalue weighted by atomic mass is 16.1. The third-order valence-corrected chi connectivity index (χ3v) is 3.27. The molecule has 0 aliphatic carbocycles. The molecule has 0 radical (unpaired) electrons. The van der Waals surface area contributed by atoms with Gasteiger partial charge in [0.25, 0.3) is 5.91 Å². The number of hydrogen-bond acceptors (Lipinski definition) is 2. The van der Waals surface area contributed by atoms with Crippen LogP contribution in [0, 0.1) is 6.92 Å². The Morgan fingerprint density at radius 3 is 2.50 bits per heavy atom. The zero-order chi connectivity index (χ0) is 14.8. The monoisotopic (exact) mass is 268 g/mol. The molecule has 1 heterocycles. The van der Waals surface area contributed by atoms with Crippen LogP contribution in [0.3, 0.4) is 0 Å². The third kappa shape index (κ3) is 3.05. The van der Waals surface area contributed by atoms with E-state index in [0.29, 0.717) is 5.56 Å². The van der Waals surface area contributed by atoms with Crippen LogP contribution in [-0.4, -0.2) is 10.9 Å². The van der Waals surface area contributed by atoms with Gasteiger partial charge in [-0.15, -0.1) is 0 Å². The Bertz CT molecular complexity index is 627. The minimum absolute atomic E-state index is 0.0200. The second-order valence-electron chi connectivity index (χ2n) is 5.94. The van der Waals surface area contributed by atoms with Crippen molar-refractivity contribution in [3.05, 3.63) is 59.4 Å². The predicted octanol–water partition coefficient (Wildman–Crippen LogP) is 3.94. The molecule has 0 atom stereocenters. The Morgan fingerprint density at radius 1 is 1.15 bits per heavy atom. The molecule has 1 aromatic heterocycles. The van der Waals surface area contributed by atoms with Gasteiger partial charge >= 0.3 is 0 Å². The molecule has 20 heavy (non-hydrogen) atoms. The van der Waals surface area contributed by atoms with E-state index in [9.17, 15) is 4.79 Å². The van der Waals surface area contributed by atoms with Crippen molar-refractivity contribution < 1.29 is 4.79 Å². The number of hydrogen-bond donors (Lipinski definition) is 1. The molecule has 2 rings (SSSR count). The fourth-order valence-corrected chi connectivity index (χ4v) is 2.14. The number of carbonyl (C=O) groups is 1. The summed E-state index contributed by atoms with van der Waals surface area (Å²) in [7, 11) is 0. The van der Waals surface area contributed by atoms with Crippen molar-refractivity contribution in [2.75, 3.05) is 5.32 Å².